The highest BCUT2D eigenvalue weighted by Gasteiger charge is 2.45. The van der Waals surface area contributed by atoms with Crippen molar-refractivity contribution >= 4 is 34.4 Å². The Bertz CT molecular complexity index is 1510. The fraction of sp³-hybridized carbons (Fsp3) is 0.320. The Hall–Kier alpha value is -4.09. The summed E-state index contributed by atoms with van der Waals surface area (Å²) in [7, 11) is 0. The SMILES string of the molecule is CC[C@@]1(O)C(=O)OCc2c1cc1n(c2=O)Cc2cc3c(NC(=O)CC[C@H](N)C(=O)O)cccc3nc2-1. The van der Waals surface area contributed by atoms with Crippen molar-refractivity contribution in [2.24, 2.45) is 5.73 Å². The van der Waals surface area contributed by atoms with Gasteiger partial charge in [0.15, 0.2) is 5.60 Å². The van der Waals surface area contributed by atoms with Crippen molar-refractivity contribution in [1.29, 1.82) is 0 Å². The Kier molecular flexibility index (Phi) is 5.61. The Morgan fingerprint density at radius 1 is 1.31 bits per heavy atom. The monoisotopic (exact) mass is 492 g/mol. The van der Waals surface area contributed by atoms with E-state index in [0.717, 1.165) is 5.56 Å². The highest BCUT2D eigenvalue weighted by molar-refractivity contribution is 6.02. The predicted octanol–water partition coefficient (Wildman–Crippen LogP) is 1.21. The first-order valence-electron chi connectivity index (χ1n) is 11.5. The van der Waals surface area contributed by atoms with Crippen molar-refractivity contribution in [3.63, 3.8) is 0 Å². The first-order valence-corrected chi connectivity index (χ1v) is 11.5. The number of esters is 1. The molecule has 0 spiro atoms. The molecular formula is C25H24N4O7. The van der Waals surface area contributed by atoms with Gasteiger partial charge in [0.05, 0.1) is 34.7 Å². The van der Waals surface area contributed by atoms with E-state index >= 15 is 0 Å². The van der Waals surface area contributed by atoms with Crippen LogP contribution in [0.5, 0.6) is 0 Å². The average molecular weight is 492 g/mol. The van der Waals surface area contributed by atoms with Gasteiger partial charge in [0, 0.05) is 22.9 Å². The first-order chi connectivity index (χ1) is 17.1. The molecule has 11 nitrogen and oxygen atoms in total. The number of aliphatic hydroxyl groups is 1. The molecule has 2 aliphatic heterocycles. The zero-order valence-electron chi connectivity index (χ0n) is 19.4. The number of anilines is 1. The van der Waals surface area contributed by atoms with E-state index in [-0.39, 0.29) is 55.0 Å². The Balaban J connectivity index is 1.53. The number of ether oxygens (including phenoxy) is 1. The van der Waals surface area contributed by atoms with Crippen molar-refractivity contribution in [3.05, 3.63) is 57.4 Å². The number of nitrogens with zero attached hydrogens (tertiary/aromatic N) is 2. The van der Waals surface area contributed by atoms with Gasteiger partial charge in [-0.3, -0.25) is 14.4 Å². The number of hydrogen-bond donors (Lipinski definition) is 4. The number of amides is 1. The third-order valence-corrected chi connectivity index (χ3v) is 6.83. The van der Waals surface area contributed by atoms with Crippen LogP contribution in [0.25, 0.3) is 22.3 Å². The smallest absolute Gasteiger partial charge is 0.343 e. The second-order valence-electron chi connectivity index (χ2n) is 9.00. The zero-order valence-corrected chi connectivity index (χ0v) is 19.4. The number of cyclic esters (lactones) is 1. The first kappa shape index (κ1) is 23.6. The zero-order chi connectivity index (χ0) is 25.8. The summed E-state index contributed by atoms with van der Waals surface area (Å²) in [6.07, 6.45) is -0.00526. The number of rotatable bonds is 6. The molecule has 186 valence electrons. The second-order valence-corrected chi connectivity index (χ2v) is 9.00. The lowest BCUT2D eigenvalue weighted by atomic mass is 9.86. The van der Waals surface area contributed by atoms with Crippen LogP contribution in [0.15, 0.2) is 35.1 Å². The third-order valence-electron chi connectivity index (χ3n) is 6.83. The lowest BCUT2D eigenvalue weighted by Gasteiger charge is -2.31. The fourth-order valence-electron chi connectivity index (χ4n) is 4.73. The molecule has 0 bridgehead atoms. The van der Waals surface area contributed by atoms with Crippen LogP contribution < -0.4 is 16.6 Å². The van der Waals surface area contributed by atoms with Gasteiger partial charge in [-0.1, -0.05) is 13.0 Å². The van der Waals surface area contributed by atoms with E-state index < -0.39 is 23.6 Å². The molecule has 3 aromatic rings. The van der Waals surface area contributed by atoms with Crippen LogP contribution in [0, 0.1) is 0 Å². The van der Waals surface area contributed by atoms with Crippen molar-refractivity contribution < 1.29 is 29.3 Å². The molecule has 2 aliphatic rings. The molecule has 5 N–H and O–H groups in total. The Labute approximate surface area is 204 Å². The second kappa shape index (κ2) is 8.54. The highest BCUT2D eigenvalue weighted by atomic mass is 16.6. The molecule has 36 heavy (non-hydrogen) atoms. The van der Waals surface area contributed by atoms with Gasteiger partial charge in [0.1, 0.15) is 12.6 Å². The average Bonchev–Trinajstić information content (AvgIpc) is 3.22. The van der Waals surface area contributed by atoms with Crippen LogP contribution in [0.4, 0.5) is 5.69 Å². The number of aliphatic carboxylic acids is 1. The van der Waals surface area contributed by atoms with Crippen LogP contribution in [-0.4, -0.2) is 43.7 Å². The maximum absolute atomic E-state index is 13.3. The number of nitrogens with one attached hydrogen (secondary N) is 1. The van der Waals surface area contributed by atoms with Crippen LogP contribution >= 0.6 is 0 Å². The molecule has 1 amide bonds. The number of fused-ring (bicyclic) bond motifs is 5. The molecule has 0 saturated heterocycles. The van der Waals surface area contributed by atoms with Crippen molar-refractivity contribution in [3.8, 4) is 11.4 Å². The minimum absolute atomic E-state index is 0.00119. The number of aromatic nitrogens is 2. The van der Waals surface area contributed by atoms with Gasteiger partial charge in [-0.05, 0) is 37.1 Å². The van der Waals surface area contributed by atoms with Crippen molar-refractivity contribution in [1.82, 2.24) is 9.55 Å². The molecule has 0 unspecified atom stereocenters. The molecule has 1 aromatic carbocycles. The van der Waals surface area contributed by atoms with Gasteiger partial charge >= 0.3 is 11.9 Å². The molecule has 0 fully saturated rings. The topological polar surface area (TPSA) is 174 Å². The summed E-state index contributed by atoms with van der Waals surface area (Å²) < 4.78 is 6.63. The summed E-state index contributed by atoms with van der Waals surface area (Å²) in [5, 5.41) is 23.3. The van der Waals surface area contributed by atoms with Gasteiger partial charge in [-0.2, -0.15) is 0 Å². The van der Waals surface area contributed by atoms with E-state index in [0.29, 0.717) is 28.0 Å². The minimum atomic E-state index is -1.90. The normalized spacial score (nSPS) is 18.7. The van der Waals surface area contributed by atoms with E-state index in [9.17, 15) is 24.3 Å². The van der Waals surface area contributed by atoms with Gasteiger partial charge in [0.2, 0.25) is 5.91 Å². The number of nitrogens with two attached hydrogens (primary N) is 1. The maximum Gasteiger partial charge on any atom is 0.343 e. The molecule has 0 aliphatic carbocycles. The molecule has 2 aromatic heterocycles. The molecule has 11 heteroatoms. The third kappa shape index (κ3) is 3.64. The molecule has 2 atom stereocenters. The van der Waals surface area contributed by atoms with Gasteiger partial charge < -0.3 is 30.6 Å². The summed E-state index contributed by atoms with van der Waals surface area (Å²) in [5.41, 5.74) is 6.57. The number of pyridine rings is 2. The Morgan fingerprint density at radius 3 is 2.81 bits per heavy atom. The van der Waals surface area contributed by atoms with Crippen molar-refractivity contribution in [2.45, 2.75) is 51.0 Å². The minimum Gasteiger partial charge on any atom is -0.480 e. The summed E-state index contributed by atoms with van der Waals surface area (Å²) in [4.78, 5) is 53.7. The van der Waals surface area contributed by atoms with E-state index in [2.05, 4.69) is 5.32 Å². The maximum atomic E-state index is 13.3. The highest BCUT2D eigenvalue weighted by Crippen LogP contribution is 2.39. The molecule has 5 rings (SSSR count). The van der Waals surface area contributed by atoms with Crippen LogP contribution in [0.2, 0.25) is 0 Å². The van der Waals surface area contributed by atoms with Crippen LogP contribution in [-0.2, 0) is 37.9 Å². The van der Waals surface area contributed by atoms with Gasteiger partial charge in [-0.15, -0.1) is 0 Å². The molecule has 0 radical (unpaired) electrons. The van der Waals surface area contributed by atoms with E-state index in [1.165, 1.54) is 4.57 Å². The molecule has 4 heterocycles. The number of carbonyl (C=O) groups excluding carboxylic acids is 2. The lowest BCUT2D eigenvalue weighted by Crippen LogP contribution is -2.44. The number of carboxylic acid groups (broad SMARTS) is 1. The number of carboxylic acids is 1. The number of hydrogen-bond acceptors (Lipinski definition) is 8. The lowest BCUT2D eigenvalue weighted by molar-refractivity contribution is -0.172. The standard InChI is InChI=1S/C25H24N4O7/c1-2-25(35)15-9-19-21-12(10-29(19)22(31)14(15)11-36-24(25)34)8-13-17(4-3-5-18(13)28-21)27-20(30)7-6-16(26)23(32)33/h3-5,8-9,16,35H,2,6-7,10-11,26H2,1H3,(H,27,30)(H,32,33)/t16-,25-/m0/s1. The van der Waals surface area contributed by atoms with Crippen molar-refractivity contribution in [2.75, 3.05) is 5.32 Å². The van der Waals surface area contributed by atoms with Crippen LogP contribution in [0.3, 0.4) is 0 Å². The summed E-state index contributed by atoms with van der Waals surface area (Å²) >= 11 is 0. The Morgan fingerprint density at radius 2 is 2.08 bits per heavy atom. The van der Waals surface area contributed by atoms with Gasteiger partial charge in [0.25, 0.3) is 5.56 Å². The van der Waals surface area contributed by atoms with E-state index in [1.54, 1.807) is 31.2 Å². The van der Waals surface area contributed by atoms with E-state index in [4.69, 9.17) is 20.6 Å². The number of benzene rings is 1. The largest absolute Gasteiger partial charge is 0.480 e. The summed E-state index contributed by atoms with van der Waals surface area (Å²) in [5.74, 6) is -2.33. The quantitative estimate of drug-likeness (QED) is 0.288. The van der Waals surface area contributed by atoms with Crippen LogP contribution in [0.1, 0.15) is 42.9 Å². The van der Waals surface area contributed by atoms with Gasteiger partial charge in [-0.25, -0.2) is 9.78 Å². The molecular weight excluding hydrogens is 468 g/mol. The predicted molar refractivity (Wildman–Crippen MR) is 128 cm³/mol. The van der Waals surface area contributed by atoms with E-state index in [1.807, 2.05) is 6.07 Å². The molecule has 0 saturated carbocycles. The fourth-order valence-corrected chi connectivity index (χ4v) is 4.73. The number of carbonyl (C=O) groups is 3. The summed E-state index contributed by atoms with van der Waals surface area (Å²) in [6, 6.07) is 7.56. The summed E-state index contributed by atoms with van der Waals surface area (Å²) in [6.45, 7) is 1.67.